The van der Waals surface area contributed by atoms with Crippen LogP contribution < -0.4 is 5.32 Å². The molecule has 2 rings (SSSR count). The predicted molar refractivity (Wildman–Crippen MR) is 63.4 cm³/mol. The third-order valence-corrected chi connectivity index (χ3v) is 3.81. The number of nitrogens with zero attached hydrogens (tertiary/aromatic N) is 1. The van der Waals surface area contributed by atoms with Gasteiger partial charge in [0.05, 0.1) is 5.60 Å². The minimum Gasteiger partial charge on any atom is -0.375 e. The number of hydrogen-bond donors (Lipinski definition) is 1. The van der Waals surface area contributed by atoms with Crippen LogP contribution in [0.5, 0.6) is 0 Å². The molecule has 1 fully saturated rings. The molecule has 2 atom stereocenters. The van der Waals surface area contributed by atoms with Crippen LogP contribution in [0.1, 0.15) is 33.1 Å². The first-order valence-corrected chi connectivity index (χ1v) is 6.40. The van der Waals surface area contributed by atoms with Crippen LogP contribution in [0.4, 0.5) is 5.13 Å². The third kappa shape index (κ3) is 2.69. The van der Waals surface area contributed by atoms with Gasteiger partial charge in [-0.2, -0.15) is 0 Å². The zero-order chi connectivity index (χ0) is 10.7. The Morgan fingerprint density at radius 2 is 2.60 bits per heavy atom. The van der Waals surface area contributed by atoms with E-state index in [1.165, 1.54) is 0 Å². The molecule has 1 aromatic rings. The fourth-order valence-electron chi connectivity index (χ4n) is 1.97. The maximum Gasteiger partial charge on any atom is 0.182 e. The molecule has 1 saturated heterocycles. The number of anilines is 1. The summed E-state index contributed by atoms with van der Waals surface area (Å²) < 4.78 is 5.81. The van der Waals surface area contributed by atoms with E-state index >= 15 is 0 Å². The summed E-state index contributed by atoms with van der Waals surface area (Å²) in [6.07, 6.45) is 5.06. The SMILES string of the molecule is CCC1(C)CC(Nc2nccs2)CCO1. The highest BCUT2D eigenvalue weighted by atomic mass is 32.1. The molecule has 15 heavy (non-hydrogen) atoms. The molecule has 1 aliphatic heterocycles. The molecule has 0 bridgehead atoms. The molecule has 1 N–H and O–H groups in total. The van der Waals surface area contributed by atoms with Crippen LogP contribution in [-0.2, 0) is 4.74 Å². The molecule has 84 valence electrons. The second-order valence-electron chi connectivity index (χ2n) is 4.32. The molecular weight excluding hydrogens is 208 g/mol. The molecule has 0 aromatic carbocycles. The molecule has 0 amide bonds. The van der Waals surface area contributed by atoms with Crippen LogP contribution >= 0.6 is 11.3 Å². The summed E-state index contributed by atoms with van der Waals surface area (Å²) in [6.45, 7) is 5.24. The van der Waals surface area contributed by atoms with Gasteiger partial charge in [0.2, 0.25) is 0 Å². The van der Waals surface area contributed by atoms with Gasteiger partial charge in [-0.1, -0.05) is 6.92 Å². The highest BCUT2D eigenvalue weighted by Gasteiger charge is 2.31. The minimum atomic E-state index is 0.0488. The van der Waals surface area contributed by atoms with Crippen molar-refractivity contribution in [1.29, 1.82) is 0 Å². The van der Waals surface area contributed by atoms with E-state index < -0.39 is 0 Å². The van der Waals surface area contributed by atoms with E-state index in [1.54, 1.807) is 11.3 Å². The van der Waals surface area contributed by atoms with Gasteiger partial charge in [-0.3, -0.25) is 0 Å². The van der Waals surface area contributed by atoms with Crippen molar-refractivity contribution in [2.75, 3.05) is 11.9 Å². The van der Waals surface area contributed by atoms with Crippen molar-refractivity contribution in [3.05, 3.63) is 11.6 Å². The van der Waals surface area contributed by atoms with Crippen LogP contribution in [0, 0.1) is 0 Å². The van der Waals surface area contributed by atoms with Crippen molar-refractivity contribution < 1.29 is 4.74 Å². The van der Waals surface area contributed by atoms with Gasteiger partial charge < -0.3 is 10.1 Å². The Bertz CT molecular complexity index is 302. The summed E-state index contributed by atoms with van der Waals surface area (Å²) in [6, 6.07) is 0.509. The number of ether oxygens (including phenoxy) is 1. The molecule has 1 aliphatic rings. The maximum absolute atomic E-state index is 5.81. The van der Waals surface area contributed by atoms with E-state index in [0.717, 1.165) is 31.0 Å². The number of thiazole rings is 1. The van der Waals surface area contributed by atoms with Crippen molar-refractivity contribution in [2.45, 2.75) is 44.8 Å². The second kappa shape index (κ2) is 4.49. The zero-order valence-electron chi connectivity index (χ0n) is 9.32. The molecule has 2 heterocycles. The quantitative estimate of drug-likeness (QED) is 0.860. The van der Waals surface area contributed by atoms with Crippen molar-refractivity contribution in [3.8, 4) is 0 Å². The largest absolute Gasteiger partial charge is 0.375 e. The van der Waals surface area contributed by atoms with Crippen molar-refractivity contribution >= 4 is 16.5 Å². The van der Waals surface area contributed by atoms with Crippen molar-refractivity contribution in [3.63, 3.8) is 0 Å². The lowest BCUT2D eigenvalue weighted by molar-refractivity contribution is -0.0708. The van der Waals surface area contributed by atoms with Gasteiger partial charge in [-0.25, -0.2) is 4.98 Å². The molecule has 3 nitrogen and oxygen atoms in total. The normalized spacial score (nSPS) is 31.5. The van der Waals surface area contributed by atoms with Gasteiger partial charge in [0, 0.05) is 24.2 Å². The van der Waals surface area contributed by atoms with Gasteiger partial charge >= 0.3 is 0 Å². The number of rotatable bonds is 3. The molecule has 0 saturated carbocycles. The van der Waals surface area contributed by atoms with E-state index in [4.69, 9.17) is 4.74 Å². The van der Waals surface area contributed by atoms with Gasteiger partial charge in [-0.05, 0) is 26.2 Å². The Hall–Kier alpha value is -0.610. The van der Waals surface area contributed by atoms with Crippen LogP contribution in [0.2, 0.25) is 0 Å². The highest BCUT2D eigenvalue weighted by molar-refractivity contribution is 7.13. The van der Waals surface area contributed by atoms with Crippen molar-refractivity contribution in [1.82, 2.24) is 4.98 Å². The summed E-state index contributed by atoms with van der Waals surface area (Å²) in [4.78, 5) is 4.25. The maximum atomic E-state index is 5.81. The Kier molecular flexibility index (Phi) is 3.26. The van der Waals surface area contributed by atoms with E-state index in [-0.39, 0.29) is 5.60 Å². The lowest BCUT2D eigenvalue weighted by Gasteiger charge is -2.37. The van der Waals surface area contributed by atoms with E-state index in [1.807, 2.05) is 11.6 Å². The third-order valence-electron chi connectivity index (χ3n) is 3.10. The average molecular weight is 226 g/mol. The van der Waals surface area contributed by atoms with Crippen LogP contribution in [0.15, 0.2) is 11.6 Å². The van der Waals surface area contributed by atoms with E-state index in [0.29, 0.717) is 6.04 Å². The first-order valence-electron chi connectivity index (χ1n) is 5.52. The Morgan fingerprint density at radius 3 is 3.27 bits per heavy atom. The summed E-state index contributed by atoms with van der Waals surface area (Å²) in [5.74, 6) is 0. The summed E-state index contributed by atoms with van der Waals surface area (Å²) >= 11 is 1.66. The van der Waals surface area contributed by atoms with Crippen molar-refractivity contribution in [2.24, 2.45) is 0 Å². The first-order chi connectivity index (χ1) is 7.22. The molecule has 1 aromatic heterocycles. The molecule has 0 aliphatic carbocycles. The zero-order valence-corrected chi connectivity index (χ0v) is 10.1. The second-order valence-corrected chi connectivity index (χ2v) is 5.22. The monoisotopic (exact) mass is 226 g/mol. The topological polar surface area (TPSA) is 34.2 Å². The summed E-state index contributed by atoms with van der Waals surface area (Å²) in [5.41, 5.74) is 0.0488. The molecule has 4 heteroatoms. The number of nitrogens with one attached hydrogen (secondary N) is 1. The summed E-state index contributed by atoms with van der Waals surface area (Å²) in [7, 11) is 0. The van der Waals surface area contributed by atoms with E-state index in [2.05, 4.69) is 24.1 Å². The number of hydrogen-bond acceptors (Lipinski definition) is 4. The highest BCUT2D eigenvalue weighted by Crippen LogP contribution is 2.29. The molecule has 2 unspecified atom stereocenters. The average Bonchev–Trinajstić information content (AvgIpc) is 2.71. The lowest BCUT2D eigenvalue weighted by atomic mass is 9.90. The summed E-state index contributed by atoms with van der Waals surface area (Å²) in [5, 5.41) is 6.51. The standard InChI is InChI=1S/C11H18N2OS/c1-3-11(2)8-9(4-6-14-11)13-10-12-5-7-15-10/h5,7,9H,3-4,6,8H2,1-2H3,(H,12,13). The molecule has 0 spiro atoms. The fraction of sp³-hybridized carbons (Fsp3) is 0.727. The fourth-order valence-corrected chi connectivity index (χ4v) is 2.58. The van der Waals surface area contributed by atoms with Gasteiger partial charge in [0.15, 0.2) is 5.13 Å². The van der Waals surface area contributed by atoms with Gasteiger partial charge in [0.1, 0.15) is 0 Å². The Labute approximate surface area is 94.9 Å². The van der Waals surface area contributed by atoms with Crippen LogP contribution in [0.3, 0.4) is 0 Å². The smallest absolute Gasteiger partial charge is 0.182 e. The first kappa shape index (κ1) is 10.9. The van der Waals surface area contributed by atoms with Gasteiger partial charge in [-0.15, -0.1) is 11.3 Å². The van der Waals surface area contributed by atoms with Crippen LogP contribution in [0.25, 0.3) is 0 Å². The molecular formula is C11H18N2OS. The minimum absolute atomic E-state index is 0.0488. The van der Waals surface area contributed by atoms with Crippen LogP contribution in [-0.4, -0.2) is 23.2 Å². The Balaban J connectivity index is 1.93. The number of aromatic nitrogens is 1. The Morgan fingerprint density at radius 1 is 1.73 bits per heavy atom. The van der Waals surface area contributed by atoms with E-state index in [9.17, 15) is 0 Å². The van der Waals surface area contributed by atoms with Gasteiger partial charge in [0.25, 0.3) is 0 Å². The predicted octanol–water partition coefficient (Wildman–Crippen LogP) is 2.90. The lowest BCUT2D eigenvalue weighted by Crippen LogP contribution is -2.41. The molecule has 0 radical (unpaired) electrons.